The van der Waals surface area contributed by atoms with Crippen molar-refractivity contribution in [3.63, 3.8) is 0 Å². The minimum Gasteiger partial charge on any atom is -0.396 e. The molecule has 0 saturated heterocycles. The topological polar surface area (TPSA) is 50.1 Å². The van der Waals surface area contributed by atoms with Gasteiger partial charge in [0, 0.05) is 30.5 Å². The van der Waals surface area contributed by atoms with Crippen molar-refractivity contribution in [2.45, 2.75) is 38.3 Å². The maximum absolute atomic E-state index is 9.42. The Balaban J connectivity index is 1.68. The molecule has 0 amide bonds. The van der Waals surface area contributed by atoms with E-state index in [0.717, 1.165) is 18.5 Å². The highest BCUT2D eigenvalue weighted by Gasteiger charge is 2.27. The molecule has 0 radical (unpaired) electrons. The zero-order valence-corrected chi connectivity index (χ0v) is 12.4. The van der Waals surface area contributed by atoms with Crippen molar-refractivity contribution in [1.29, 1.82) is 0 Å². The first-order valence-electron chi connectivity index (χ1n) is 7.75. The maximum atomic E-state index is 9.42. The Kier molecular flexibility index (Phi) is 4.36. The van der Waals surface area contributed by atoms with Crippen LogP contribution >= 0.6 is 0 Å². The van der Waals surface area contributed by atoms with Crippen LogP contribution in [0.3, 0.4) is 0 Å². The van der Waals surface area contributed by atoms with Crippen molar-refractivity contribution < 1.29 is 5.11 Å². The van der Waals surface area contributed by atoms with Crippen LogP contribution in [0.5, 0.6) is 0 Å². The van der Waals surface area contributed by atoms with Gasteiger partial charge in [-0.1, -0.05) is 24.6 Å². The van der Waals surface area contributed by atoms with Gasteiger partial charge in [0.1, 0.15) is 0 Å². The molecule has 3 rings (SSSR count). The highest BCUT2D eigenvalue weighted by atomic mass is 16.3. The summed E-state index contributed by atoms with van der Waals surface area (Å²) >= 11 is 0. The number of para-hydroxylation sites is 1. The van der Waals surface area contributed by atoms with E-state index in [1.54, 1.807) is 0 Å². The van der Waals surface area contributed by atoms with Crippen LogP contribution < -0.4 is 5.32 Å². The lowest BCUT2D eigenvalue weighted by atomic mass is 10.0. The molecule has 1 aromatic heterocycles. The quantitative estimate of drug-likeness (QED) is 0.888. The van der Waals surface area contributed by atoms with Crippen LogP contribution in [0, 0.1) is 5.92 Å². The van der Waals surface area contributed by atoms with Crippen LogP contribution in [-0.2, 0) is 0 Å². The molecule has 3 atom stereocenters. The third-order valence-electron chi connectivity index (χ3n) is 4.48. The Morgan fingerprint density at radius 1 is 1.33 bits per heavy atom. The lowest BCUT2D eigenvalue weighted by molar-refractivity contribution is 0.200. The van der Waals surface area contributed by atoms with Gasteiger partial charge in [-0.15, -0.1) is 0 Å². The summed E-state index contributed by atoms with van der Waals surface area (Å²) in [6.07, 6.45) is 7.49. The van der Waals surface area contributed by atoms with Crippen molar-refractivity contribution in [1.82, 2.24) is 15.1 Å². The van der Waals surface area contributed by atoms with Crippen LogP contribution in [0.2, 0.25) is 0 Å². The van der Waals surface area contributed by atoms with Crippen LogP contribution in [0.4, 0.5) is 0 Å². The number of aliphatic hydroxyl groups excluding tert-OH is 1. The van der Waals surface area contributed by atoms with Gasteiger partial charge in [0.2, 0.25) is 0 Å². The lowest BCUT2D eigenvalue weighted by Crippen LogP contribution is -2.35. The van der Waals surface area contributed by atoms with E-state index in [9.17, 15) is 5.11 Å². The van der Waals surface area contributed by atoms with E-state index in [4.69, 9.17) is 0 Å². The third kappa shape index (κ3) is 3.17. The second-order valence-electron chi connectivity index (χ2n) is 5.92. The smallest absolute Gasteiger partial charge is 0.0645 e. The van der Waals surface area contributed by atoms with Crippen molar-refractivity contribution in [3.05, 3.63) is 48.3 Å². The van der Waals surface area contributed by atoms with E-state index in [-0.39, 0.29) is 12.6 Å². The van der Waals surface area contributed by atoms with E-state index in [1.807, 2.05) is 41.2 Å². The van der Waals surface area contributed by atoms with Crippen molar-refractivity contribution in [2.75, 3.05) is 6.61 Å². The summed E-state index contributed by atoms with van der Waals surface area (Å²) in [5.74, 6) is 0.400. The fourth-order valence-corrected chi connectivity index (χ4v) is 3.17. The number of aliphatic hydroxyl groups is 1. The van der Waals surface area contributed by atoms with E-state index < -0.39 is 0 Å². The van der Waals surface area contributed by atoms with E-state index in [0.29, 0.717) is 12.0 Å². The van der Waals surface area contributed by atoms with E-state index >= 15 is 0 Å². The Bertz CT molecular complexity index is 566. The number of aromatic nitrogens is 2. The van der Waals surface area contributed by atoms with Gasteiger partial charge in [-0.2, -0.15) is 5.10 Å². The minimum atomic E-state index is 0.250. The molecule has 1 saturated carbocycles. The highest BCUT2D eigenvalue weighted by Crippen LogP contribution is 2.27. The highest BCUT2D eigenvalue weighted by molar-refractivity contribution is 5.31. The largest absolute Gasteiger partial charge is 0.396 e. The van der Waals surface area contributed by atoms with Gasteiger partial charge < -0.3 is 10.4 Å². The molecule has 1 aromatic carbocycles. The molecule has 0 spiro atoms. The van der Waals surface area contributed by atoms with Gasteiger partial charge in [0.15, 0.2) is 0 Å². The molecule has 1 fully saturated rings. The first kappa shape index (κ1) is 14.3. The summed E-state index contributed by atoms with van der Waals surface area (Å²) in [4.78, 5) is 0. The molecule has 4 heteroatoms. The number of hydrogen-bond donors (Lipinski definition) is 2. The maximum Gasteiger partial charge on any atom is 0.0645 e. The molecule has 2 aromatic rings. The van der Waals surface area contributed by atoms with Crippen LogP contribution in [-0.4, -0.2) is 27.5 Å². The van der Waals surface area contributed by atoms with Crippen LogP contribution in [0.1, 0.15) is 37.8 Å². The molecule has 1 aliphatic rings. The molecule has 3 unspecified atom stereocenters. The number of rotatable bonds is 5. The van der Waals surface area contributed by atoms with Crippen LogP contribution in [0.15, 0.2) is 42.7 Å². The number of benzene rings is 1. The first-order chi connectivity index (χ1) is 10.3. The monoisotopic (exact) mass is 285 g/mol. The standard InChI is InChI=1S/C17H23N3O/c1-13(19-17-9-5-6-14(17)12-21)15-10-18-20(11-15)16-7-3-2-4-8-16/h2-4,7-8,10-11,13-14,17,19,21H,5-6,9,12H2,1H3. The third-order valence-corrected chi connectivity index (χ3v) is 4.48. The predicted octanol–water partition coefficient (Wildman–Crippen LogP) is 2.68. The summed E-state index contributed by atoms with van der Waals surface area (Å²) in [6, 6.07) is 10.8. The number of hydrogen-bond acceptors (Lipinski definition) is 3. The van der Waals surface area contributed by atoms with E-state index in [2.05, 4.69) is 23.5 Å². The summed E-state index contributed by atoms with van der Waals surface area (Å²) in [6.45, 7) is 2.45. The molecular weight excluding hydrogens is 262 g/mol. The van der Waals surface area contributed by atoms with Crippen LogP contribution in [0.25, 0.3) is 5.69 Å². The average molecular weight is 285 g/mol. The lowest BCUT2D eigenvalue weighted by Gasteiger charge is -2.23. The number of nitrogens with one attached hydrogen (secondary N) is 1. The van der Waals surface area contributed by atoms with Gasteiger partial charge in [-0.25, -0.2) is 4.68 Å². The van der Waals surface area contributed by atoms with Gasteiger partial charge in [0.05, 0.1) is 11.9 Å². The first-order valence-corrected chi connectivity index (χ1v) is 7.75. The molecule has 4 nitrogen and oxygen atoms in total. The van der Waals surface area contributed by atoms with Gasteiger partial charge in [-0.3, -0.25) is 0 Å². The summed E-state index contributed by atoms with van der Waals surface area (Å²) in [5, 5.41) is 17.5. The molecule has 21 heavy (non-hydrogen) atoms. The SMILES string of the molecule is CC(NC1CCCC1CO)c1cnn(-c2ccccc2)c1. The second kappa shape index (κ2) is 6.41. The average Bonchev–Trinajstić information content (AvgIpc) is 3.17. The van der Waals surface area contributed by atoms with Crippen molar-refractivity contribution >= 4 is 0 Å². The summed E-state index contributed by atoms with van der Waals surface area (Å²) < 4.78 is 1.91. The molecule has 112 valence electrons. The normalized spacial score (nSPS) is 23.3. The minimum absolute atomic E-state index is 0.250. The number of nitrogens with zero attached hydrogens (tertiary/aromatic N) is 2. The van der Waals surface area contributed by atoms with Gasteiger partial charge >= 0.3 is 0 Å². The molecular formula is C17H23N3O. The Morgan fingerprint density at radius 3 is 2.90 bits per heavy atom. The Morgan fingerprint density at radius 2 is 2.14 bits per heavy atom. The second-order valence-corrected chi connectivity index (χ2v) is 5.92. The Hall–Kier alpha value is -1.65. The predicted molar refractivity (Wildman–Crippen MR) is 83.3 cm³/mol. The summed E-state index contributed by atoms with van der Waals surface area (Å²) in [5.41, 5.74) is 2.26. The fourth-order valence-electron chi connectivity index (χ4n) is 3.17. The molecule has 0 bridgehead atoms. The van der Waals surface area contributed by atoms with Crippen molar-refractivity contribution in [3.8, 4) is 5.69 Å². The van der Waals surface area contributed by atoms with Gasteiger partial charge in [-0.05, 0) is 37.8 Å². The molecule has 1 aliphatic carbocycles. The Labute approximate surface area is 125 Å². The van der Waals surface area contributed by atoms with Gasteiger partial charge in [0.25, 0.3) is 0 Å². The molecule has 2 N–H and O–H groups in total. The fraction of sp³-hybridized carbons (Fsp3) is 0.471. The zero-order chi connectivity index (χ0) is 14.7. The molecule has 0 aliphatic heterocycles. The van der Waals surface area contributed by atoms with E-state index in [1.165, 1.54) is 12.0 Å². The zero-order valence-electron chi connectivity index (χ0n) is 12.4. The summed E-state index contributed by atoms with van der Waals surface area (Å²) in [7, 11) is 0. The van der Waals surface area contributed by atoms with Crippen molar-refractivity contribution in [2.24, 2.45) is 5.92 Å². The molecule has 1 heterocycles.